The number of hydrogen-bond acceptors (Lipinski definition) is 7. The van der Waals surface area contributed by atoms with Crippen LogP contribution in [-0.2, 0) is 5.41 Å². The van der Waals surface area contributed by atoms with Crippen LogP contribution in [0, 0.1) is 6.57 Å². The number of hydrogen-bond donors (Lipinski definition) is 2. The van der Waals surface area contributed by atoms with Gasteiger partial charge in [-0.25, -0.2) is 14.8 Å². The van der Waals surface area contributed by atoms with Crippen LogP contribution in [0.2, 0.25) is 0 Å². The summed E-state index contributed by atoms with van der Waals surface area (Å²) >= 11 is 0. The Hall–Kier alpha value is -5.43. The van der Waals surface area contributed by atoms with E-state index in [1.54, 1.807) is 60.9 Å². The second-order valence-electron chi connectivity index (χ2n) is 9.70. The summed E-state index contributed by atoms with van der Waals surface area (Å²) in [7, 11) is 0. The number of phenols is 1. The number of anilines is 1. The Bertz CT molecular complexity index is 1750. The van der Waals surface area contributed by atoms with Gasteiger partial charge in [-0.05, 0) is 40.5 Å². The van der Waals surface area contributed by atoms with Crippen molar-refractivity contribution < 1.29 is 9.90 Å². The predicted octanol–water partition coefficient (Wildman–Crippen LogP) is 7.04. The van der Waals surface area contributed by atoms with Crippen LogP contribution < -0.4 is 5.32 Å². The normalized spacial score (nSPS) is 11.5. The summed E-state index contributed by atoms with van der Waals surface area (Å²) in [5.74, 6) is -0.499. The Morgan fingerprint density at radius 2 is 1.69 bits per heavy atom. The van der Waals surface area contributed by atoms with E-state index in [-0.39, 0.29) is 34.5 Å². The van der Waals surface area contributed by atoms with Gasteiger partial charge in [0.1, 0.15) is 5.69 Å². The molecule has 2 heterocycles. The fourth-order valence-corrected chi connectivity index (χ4v) is 4.08. The molecule has 0 spiro atoms. The van der Waals surface area contributed by atoms with E-state index in [9.17, 15) is 9.90 Å². The molecule has 2 aromatic heterocycles. The van der Waals surface area contributed by atoms with Crippen molar-refractivity contribution in [3.05, 3.63) is 102 Å². The van der Waals surface area contributed by atoms with Gasteiger partial charge in [0.05, 0.1) is 17.8 Å². The third kappa shape index (κ3) is 4.93. The zero-order chi connectivity index (χ0) is 27.6. The number of rotatable bonds is 5. The number of para-hydroxylation sites is 1. The quantitative estimate of drug-likeness (QED) is 0.192. The number of carbonyl (C=O) groups is 1. The number of aromatic hydroxyl groups is 1. The van der Waals surface area contributed by atoms with Gasteiger partial charge in [-0.2, -0.15) is 9.78 Å². The standard InChI is InChI=1S/C29H24N8O2/c1-29(2,3)25-23(30-4)26(37(36-25)28-31-15-10-16-32-28)35-34-21-17-18-11-8-9-14-20(18)22(24(21)38)27(39)33-19-12-6-5-7-13-19/h5-17,38H,1-3H3,(H,33,39)/b35-34+. The van der Waals surface area contributed by atoms with Crippen molar-refractivity contribution >= 4 is 39.6 Å². The van der Waals surface area contributed by atoms with Crippen LogP contribution in [-0.4, -0.2) is 30.8 Å². The number of aromatic nitrogens is 4. The number of carbonyl (C=O) groups excluding carboxylic acids is 1. The molecule has 0 atom stereocenters. The highest BCUT2D eigenvalue weighted by molar-refractivity contribution is 6.16. The van der Waals surface area contributed by atoms with E-state index in [0.29, 0.717) is 22.2 Å². The van der Waals surface area contributed by atoms with Gasteiger partial charge in [-0.3, -0.25) is 4.79 Å². The Labute approximate surface area is 224 Å². The van der Waals surface area contributed by atoms with Crippen LogP contribution in [0.25, 0.3) is 21.6 Å². The van der Waals surface area contributed by atoms with E-state index >= 15 is 0 Å². The van der Waals surface area contributed by atoms with E-state index in [1.807, 2.05) is 39.0 Å². The largest absolute Gasteiger partial charge is 0.505 e. The Kier molecular flexibility index (Phi) is 6.56. The van der Waals surface area contributed by atoms with Crippen molar-refractivity contribution in [1.29, 1.82) is 0 Å². The maximum atomic E-state index is 13.3. The lowest BCUT2D eigenvalue weighted by Crippen LogP contribution is -2.13. The van der Waals surface area contributed by atoms with Gasteiger partial charge in [-0.1, -0.05) is 63.2 Å². The number of nitrogens with zero attached hydrogens (tertiary/aromatic N) is 7. The molecule has 0 saturated heterocycles. The number of nitrogens with one attached hydrogen (secondary N) is 1. The maximum absolute atomic E-state index is 13.3. The van der Waals surface area contributed by atoms with Crippen molar-refractivity contribution in [3.8, 4) is 11.7 Å². The molecule has 10 heteroatoms. The summed E-state index contributed by atoms with van der Waals surface area (Å²) in [6.07, 6.45) is 3.12. The van der Waals surface area contributed by atoms with Crippen LogP contribution in [0.3, 0.4) is 0 Å². The zero-order valence-electron chi connectivity index (χ0n) is 21.5. The summed E-state index contributed by atoms with van der Waals surface area (Å²) in [6, 6.07) is 19.5. The summed E-state index contributed by atoms with van der Waals surface area (Å²) in [4.78, 5) is 25.5. The zero-order valence-corrected chi connectivity index (χ0v) is 21.5. The molecule has 0 fully saturated rings. The predicted molar refractivity (Wildman–Crippen MR) is 148 cm³/mol. The lowest BCUT2D eigenvalue weighted by molar-refractivity contribution is 0.102. The van der Waals surface area contributed by atoms with Gasteiger partial charge in [-0.15, -0.1) is 10.2 Å². The minimum atomic E-state index is -0.494. The first kappa shape index (κ1) is 25.2. The van der Waals surface area contributed by atoms with E-state index in [1.165, 1.54) is 4.68 Å². The molecular weight excluding hydrogens is 492 g/mol. The third-order valence-corrected chi connectivity index (χ3v) is 5.91. The maximum Gasteiger partial charge on any atom is 0.260 e. The molecular formula is C29H24N8O2. The molecule has 0 aliphatic carbocycles. The van der Waals surface area contributed by atoms with E-state index < -0.39 is 11.3 Å². The summed E-state index contributed by atoms with van der Waals surface area (Å²) < 4.78 is 1.36. The first-order chi connectivity index (χ1) is 18.8. The number of phenolic OH excluding ortho intramolecular Hbond substituents is 1. The second kappa shape index (κ2) is 10.1. The third-order valence-electron chi connectivity index (χ3n) is 5.91. The highest BCUT2D eigenvalue weighted by Crippen LogP contribution is 2.42. The van der Waals surface area contributed by atoms with Gasteiger partial charge in [0.15, 0.2) is 11.6 Å². The molecule has 0 saturated carbocycles. The van der Waals surface area contributed by atoms with Crippen LogP contribution >= 0.6 is 0 Å². The van der Waals surface area contributed by atoms with Crippen molar-refractivity contribution in [2.75, 3.05) is 5.32 Å². The van der Waals surface area contributed by atoms with Crippen LogP contribution in [0.4, 0.5) is 22.9 Å². The summed E-state index contributed by atoms with van der Waals surface area (Å²) in [5, 5.41) is 28.5. The lowest BCUT2D eigenvalue weighted by atomic mass is 9.91. The average molecular weight is 517 g/mol. The van der Waals surface area contributed by atoms with Crippen molar-refractivity contribution in [1.82, 2.24) is 19.7 Å². The molecule has 0 bridgehead atoms. The summed E-state index contributed by atoms with van der Waals surface area (Å²) in [5.41, 5.74) is 0.929. The average Bonchev–Trinajstić information content (AvgIpc) is 3.32. The molecule has 5 rings (SSSR count). The van der Waals surface area contributed by atoms with E-state index in [0.717, 1.165) is 0 Å². The number of azo groups is 1. The minimum Gasteiger partial charge on any atom is -0.505 e. The smallest absolute Gasteiger partial charge is 0.260 e. The Morgan fingerprint density at radius 1 is 1.00 bits per heavy atom. The monoisotopic (exact) mass is 516 g/mol. The van der Waals surface area contributed by atoms with Gasteiger partial charge in [0, 0.05) is 18.1 Å². The minimum absolute atomic E-state index is 0.0573. The molecule has 192 valence electrons. The Morgan fingerprint density at radius 3 is 2.38 bits per heavy atom. The molecule has 0 radical (unpaired) electrons. The molecule has 3 aromatic carbocycles. The number of fused-ring (bicyclic) bond motifs is 1. The molecule has 10 nitrogen and oxygen atoms in total. The first-order valence-corrected chi connectivity index (χ1v) is 12.1. The molecule has 1 amide bonds. The van der Waals surface area contributed by atoms with E-state index in [2.05, 4.69) is 35.5 Å². The van der Waals surface area contributed by atoms with E-state index in [4.69, 9.17) is 6.57 Å². The SMILES string of the molecule is [C-]#[N+]c1c(C(C)(C)C)nn(-c2ncccn2)c1/N=N/c1cc2ccccc2c(C(=O)Nc2ccccc2)c1O. The topological polar surface area (TPSA) is 122 Å². The lowest BCUT2D eigenvalue weighted by Gasteiger charge is -2.15. The molecule has 39 heavy (non-hydrogen) atoms. The van der Waals surface area contributed by atoms with Crippen LogP contribution in [0.5, 0.6) is 5.75 Å². The van der Waals surface area contributed by atoms with Gasteiger partial charge >= 0.3 is 0 Å². The second-order valence-corrected chi connectivity index (χ2v) is 9.70. The number of benzene rings is 3. The highest BCUT2D eigenvalue weighted by Gasteiger charge is 2.29. The van der Waals surface area contributed by atoms with Crippen molar-refractivity contribution in [3.63, 3.8) is 0 Å². The molecule has 2 N–H and O–H groups in total. The molecule has 5 aromatic rings. The van der Waals surface area contributed by atoms with Gasteiger partial charge < -0.3 is 10.4 Å². The van der Waals surface area contributed by atoms with Gasteiger partial charge in [0.2, 0.25) is 0 Å². The first-order valence-electron chi connectivity index (χ1n) is 12.1. The van der Waals surface area contributed by atoms with Crippen molar-refractivity contribution in [2.45, 2.75) is 26.2 Å². The fraction of sp³-hybridized carbons (Fsp3) is 0.138. The number of amides is 1. The van der Waals surface area contributed by atoms with Crippen molar-refractivity contribution in [2.24, 2.45) is 10.2 Å². The highest BCUT2D eigenvalue weighted by atomic mass is 16.3. The van der Waals surface area contributed by atoms with Crippen LogP contribution in [0.15, 0.2) is 89.4 Å². The molecule has 0 aliphatic heterocycles. The molecule has 0 unspecified atom stereocenters. The Balaban J connectivity index is 1.66. The summed E-state index contributed by atoms with van der Waals surface area (Å²) in [6.45, 7) is 13.7. The van der Waals surface area contributed by atoms with Crippen LogP contribution in [0.1, 0.15) is 36.8 Å². The molecule has 0 aliphatic rings. The fourth-order valence-electron chi connectivity index (χ4n) is 4.08. The van der Waals surface area contributed by atoms with Gasteiger partial charge in [0.25, 0.3) is 17.5 Å².